The van der Waals surface area contributed by atoms with Crippen molar-refractivity contribution in [3.8, 4) is 11.1 Å². The van der Waals surface area contributed by atoms with E-state index in [0.717, 1.165) is 17.0 Å². The van der Waals surface area contributed by atoms with Gasteiger partial charge >= 0.3 is 5.97 Å². The van der Waals surface area contributed by atoms with E-state index >= 15 is 0 Å². The Morgan fingerprint density at radius 2 is 1.96 bits per heavy atom. The van der Waals surface area contributed by atoms with E-state index in [2.05, 4.69) is 4.98 Å². The second kappa shape index (κ2) is 8.87. The van der Waals surface area contributed by atoms with Crippen molar-refractivity contribution in [3.05, 3.63) is 88.5 Å². The van der Waals surface area contributed by atoms with Crippen LogP contribution in [0.25, 0.3) is 11.1 Å². The van der Waals surface area contributed by atoms with Crippen molar-refractivity contribution in [1.82, 2.24) is 9.55 Å². The average Bonchev–Trinajstić information content (AvgIpc) is 3.01. The Balaban J connectivity index is 2.02. The lowest BCUT2D eigenvalue weighted by atomic mass is 9.97. The first-order valence-corrected chi connectivity index (χ1v) is 9.30. The summed E-state index contributed by atoms with van der Waals surface area (Å²) in [5.41, 5.74) is 3.06. The lowest BCUT2D eigenvalue weighted by Gasteiger charge is -2.13. The molecule has 2 N–H and O–H groups in total. The maximum atomic E-state index is 11.8. The van der Waals surface area contributed by atoms with Gasteiger partial charge in [-0.05, 0) is 29.7 Å². The number of carboxylic acids is 1. The van der Waals surface area contributed by atoms with E-state index in [1.54, 1.807) is 6.07 Å². The largest absolute Gasteiger partial charge is 0.478 e. The number of aliphatic hydroxyl groups excluding tert-OH is 1. The molecule has 0 radical (unpaired) electrons. The minimum absolute atomic E-state index is 0.232. The van der Waals surface area contributed by atoms with Crippen LogP contribution in [0.3, 0.4) is 0 Å². The number of aromatic nitrogens is 2. The molecule has 28 heavy (non-hydrogen) atoms. The molecule has 0 fully saturated rings. The first-order chi connectivity index (χ1) is 13.5. The van der Waals surface area contributed by atoms with E-state index in [4.69, 9.17) is 11.6 Å². The zero-order valence-electron chi connectivity index (χ0n) is 15.5. The summed E-state index contributed by atoms with van der Waals surface area (Å²) in [4.78, 5) is 16.2. The van der Waals surface area contributed by atoms with E-state index < -0.39 is 5.97 Å². The molecule has 0 saturated heterocycles. The van der Waals surface area contributed by atoms with Crippen LogP contribution in [0.4, 0.5) is 0 Å². The fraction of sp³-hybridized carbons (Fsp3) is 0.182. The van der Waals surface area contributed by atoms with Crippen molar-refractivity contribution in [3.63, 3.8) is 0 Å². The standard InChI is InChI=1S/C22H21ClN2O3/c1-2-3-9-20-24-21(23)19(14-26)25(20)13-15-10-11-17(18(12-15)22(27)28)16-7-5-4-6-8-16/h2-8,10-12,26H,9,13-14H2,1H3,(H,27,28). The monoisotopic (exact) mass is 396 g/mol. The Morgan fingerprint density at radius 3 is 2.61 bits per heavy atom. The van der Waals surface area contributed by atoms with Crippen LogP contribution >= 0.6 is 11.6 Å². The van der Waals surface area contributed by atoms with Gasteiger partial charge in [-0.2, -0.15) is 0 Å². The lowest BCUT2D eigenvalue weighted by molar-refractivity contribution is 0.0697. The van der Waals surface area contributed by atoms with E-state index in [9.17, 15) is 15.0 Å². The Labute approximate surface area is 168 Å². The molecule has 0 bridgehead atoms. The van der Waals surface area contributed by atoms with Crippen LogP contribution in [-0.4, -0.2) is 25.7 Å². The summed E-state index contributed by atoms with van der Waals surface area (Å²) in [6.07, 6.45) is 4.45. The van der Waals surface area contributed by atoms with Crippen molar-refractivity contribution in [2.24, 2.45) is 0 Å². The van der Waals surface area contributed by atoms with Gasteiger partial charge in [-0.1, -0.05) is 66.2 Å². The zero-order chi connectivity index (χ0) is 20.1. The SMILES string of the molecule is CC=CCc1nc(Cl)c(CO)n1Cc1ccc(-c2ccccc2)c(C(=O)O)c1. The fourth-order valence-electron chi connectivity index (χ4n) is 3.14. The summed E-state index contributed by atoms with van der Waals surface area (Å²) in [5.74, 6) is -0.267. The number of carbonyl (C=O) groups is 1. The number of aliphatic hydroxyl groups is 1. The highest BCUT2D eigenvalue weighted by molar-refractivity contribution is 6.30. The van der Waals surface area contributed by atoms with Crippen LogP contribution in [0, 0.1) is 0 Å². The molecule has 0 atom stereocenters. The second-order valence-corrected chi connectivity index (χ2v) is 6.69. The summed E-state index contributed by atoms with van der Waals surface area (Å²) in [6, 6.07) is 14.8. The third-order valence-corrected chi connectivity index (χ3v) is 4.83. The topological polar surface area (TPSA) is 75.4 Å². The zero-order valence-corrected chi connectivity index (χ0v) is 16.2. The van der Waals surface area contributed by atoms with E-state index in [-0.39, 0.29) is 17.3 Å². The molecule has 6 heteroatoms. The summed E-state index contributed by atoms with van der Waals surface area (Å²) in [7, 11) is 0. The first-order valence-electron chi connectivity index (χ1n) is 8.92. The number of allylic oxidation sites excluding steroid dienone is 2. The average molecular weight is 397 g/mol. The molecule has 0 aliphatic rings. The predicted octanol–water partition coefficient (Wildman–Crippen LogP) is 4.56. The predicted molar refractivity (Wildman–Crippen MR) is 110 cm³/mol. The van der Waals surface area contributed by atoms with Crippen LogP contribution in [-0.2, 0) is 19.6 Å². The highest BCUT2D eigenvalue weighted by atomic mass is 35.5. The van der Waals surface area contributed by atoms with Gasteiger partial charge in [0, 0.05) is 13.0 Å². The van der Waals surface area contributed by atoms with Gasteiger partial charge in [-0.25, -0.2) is 9.78 Å². The van der Waals surface area contributed by atoms with Crippen LogP contribution in [0.5, 0.6) is 0 Å². The third-order valence-electron chi connectivity index (χ3n) is 4.53. The normalized spacial score (nSPS) is 11.2. The smallest absolute Gasteiger partial charge is 0.336 e. The van der Waals surface area contributed by atoms with Crippen molar-refractivity contribution < 1.29 is 15.0 Å². The molecule has 0 aliphatic heterocycles. The number of carboxylic acid groups (broad SMARTS) is 1. The van der Waals surface area contributed by atoms with Crippen LogP contribution in [0.1, 0.15) is 34.4 Å². The lowest BCUT2D eigenvalue weighted by Crippen LogP contribution is -2.10. The van der Waals surface area contributed by atoms with Gasteiger partial charge in [0.15, 0.2) is 5.15 Å². The number of imidazole rings is 1. The quantitative estimate of drug-likeness (QED) is 0.574. The fourth-order valence-corrected chi connectivity index (χ4v) is 3.40. The minimum Gasteiger partial charge on any atom is -0.478 e. The molecular formula is C22H21ClN2O3. The van der Waals surface area contributed by atoms with Crippen LogP contribution in [0.2, 0.25) is 5.15 Å². The third kappa shape index (κ3) is 4.16. The van der Waals surface area contributed by atoms with Crippen LogP contribution in [0.15, 0.2) is 60.7 Å². The molecule has 0 amide bonds. The Morgan fingerprint density at radius 1 is 1.21 bits per heavy atom. The number of halogens is 1. The van der Waals surface area contributed by atoms with Gasteiger partial charge in [0.1, 0.15) is 5.82 Å². The van der Waals surface area contributed by atoms with E-state index in [1.807, 2.05) is 66.1 Å². The summed E-state index contributed by atoms with van der Waals surface area (Å²) in [6.45, 7) is 2.05. The number of rotatable bonds is 7. The molecule has 144 valence electrons. The molecule has 3 aromatic rings. The minimum atomic E-state index is -0.985. The van der Waals surface area contributed by atoms with Crippen molar-refractivity contribution in [1.29, 1.82) is 0 Å². The molecule has 0 unspecified atom stereocenters. The van der Waals surface area contributed by atoms with Crippen molar-refractivity contribution >= 4 is 17.6 Å². The van der Waals surface area contributed by atoms with Crippen LogP contribution < -0.4 is 0 Å². The molecule has 3 rings (SSSR count). The number of hydrogen-bond donors (Lipinski definition) is 2. The summed E-state index contributed by atoms with van der Waals surface area (Å²) < 4.78 is 1.84. The van der Waals surface area contributed by atoms with Gasteiger partial charge in [0.05, 0.1) is 17.9 Å². The van der Waals surface area contributed by atoms with Crippen molar-refractivity contribution in [2.45, 2.75) is 26.5 Å². The molecule has 0 aliphatic carbocycles. The van der Waals surface area contributed by atoms with Gasteiger partial charge in [0.2, 0.25) is 0 Å². The molecule has 0 saturated carbocycles. The number of nitrogens with zero attached hydrogens (tertiary/aromatic N) is 2. The molecule has 1 heterocycles. The Kier molecular flexibility index (Phi) is 6.29. The number of aromatic carboxylic acids is 1. The van der Waals surface area contributed by atoms with E-state index in [1.165, 1.54) is 0 Å². The van der Waals surface area contributed by atoms with Gasteiger partial charge in [-0.15, -0.1) is 0 Å². The maximum absolute atomic E-state index is 11.8. The molecule has 0 spiro atoms. The van der Waals surface area contributed by atoms with Crippen molar-refractivity contribution in [2.75, 3.05) is 0 Å². The highest BCUT2D eigenvalue weighted by Gasteiger charge is 2.17. The maximum Gasteiger partial charge on any atom is 0.336 e. The molecule has 5 nitrogen and oxygen atoms in total. The number of benzene rings is 2. The molecule has 2 aromatic carbocycles. The molecular weight excluding hydrogens is 376 g/mol. The Hall–Kier alpha value is -2.89. The second-order valence-electron chi connectivity index (χ2n) is 6.33. The Bertz CT molecular complexity index is 1010. The number of hydrogen-bond acceptors (Lipinski definition) is 3. The highest BCUT2D eigenvalue weighted by Crippen LogP contribution is 2.26. The van der Waals surface area contributed by atoms with Gasteiger partial charge < -0.3 is 14.8 Å². The van der Waals surface area contributed by atoms with E-state index in [0.29, 0.717) is 24.2 Å². The van der Waals surface area contributed by atoms with Gasteiger partial charge in [0.25, 0.3) is 0 Å². The van der Waals surface area contributed by atoms with Gasteiger partial charge in [-0.3, -0.25) is 0 Å². The molecule has 1 aromatic heterocycles. The summed E-state index contributed by atoms with van der Waals surface area (Å²) >= 11 is 6.17. The first kappa shape index (κ1) is 19.9. The summed E-state index contributed by atoms with van der Waals surface area (Å²) in [5, 5.41) is 19.7.